The monoisotopic (exact) mass is 439 g/mol. The van der Waals surface area contributed by atoms with Gasteiger partial charge in [0.1, 0.15) is 0 Å². The van der Waals surface area contributed by atoms with Crippen LogP contribution in [0.25, 0.3) is 16.8 Å². The zero-order valence-corrected chi connectivity index (χ0v) is 19.5. The molecule has 0 atom stereocenters. The molecule has 2 aromatic heterocycles. The van der Waals surface area contributed by atoms with Crippen LogP contribution in [-0.2, 0) is 6.54 Å². The fourth-order valence-corrected chi connectivity index (χ4v) is 4.67. The molecule has 6 heteroatoms. The van der Waals surface area contributed by atoms with Crippen LogP contribution >= 0.6 is 0 Å². The molecule has 3 heterocycles. The van der Waals surface area contributed by atoms with Crippen LogP contribution in [-0.4, -0.2) is 56.5 Å². The molecular formula is C27H29N5O. The Morgan fingerprint density at radius 2 is 1.70 bits per heavy atom. The van der Waals surface area contributed by atoms with Gasteiger partial charge >= 0.3 is 0 Å². The summed E-state index contributed by atoms with van der Waals surface area (Å²) in [5.74, 6) is 0.0338. The smallest absolute Gasteiger partial charge is 0.257 e. The van der Waals surface area contributed by atoms with E-state index in [-0.39, 0.29) is 5.91 Å². The van der Waals surface area contributed by atoms with E-state index in [4.69, 9.17) is 10.1 Å². The van der Waals surface area contributed by atoms with Crippen molar-refractivity contribution in [3.05, 3.63) is 88.9 Å². The highest BCUT2D eigenvalue weighted by Crippen LogP contribution is 2.29. The second-order valence-electron chi connectivity index (χ2n) is 8.88. The van der Waals surface area contributed by atoms with Gasteiger partial charge < -0.3 is 4.90 Å². The van der Waals surface area contributed by atoms with Crippen LogP contribution in [0, 0.1) is 20.8 Å². The van der Waals surface area contributed by atoms with E-state index in [2.05, 4.69) is 60.4 Å². The first kappa shape index (κ1) is 21.3. The first-order chi connectivity index (χ1) is 16.0. The Balaban J connectivity index is 1.36. The van der Waals surface area contributed by atoms with E-state index in [0.717, 1.165) is 60.9 Å². The number of hydrogen-bond acceptors (Lipinski definition) is 4. The van der Waals surface area contributed by atoms with Crippen LogP contribution in [0.3, 0.4) is 0 Å². The van der Waals surface area contributed by atoms with Crippen LogP contribution in [0.5, 0.6) is 0 Å². The molecule has 0 spiro atoms. The average molecular weight is 440 g/mol. The van der Waals surface area contributed by atoms with Gasteiger partial charge in [-0.2, -0.15) is 5.10 Å². The zero-order valence-electron chi connectivity index (χ0n) is 19.5. The Labute approximate surface area is 194 Å². The van der Waals surface area contributed by atoms with Crippen molar-refractivity contribution in [2.24, 2.45) is 0 Å². The van der Waals surface area contributed by atoms with Gasteiger partial charge in [0.2, 0.25) is 0 Å². The maximum Gasteiger partial charge on any atom is 0.257 e. The molecule has 168 valence electrons. The third-order valence-electron chi connectivity index (χ3n) is 6.51. The number of aryl methyl sites for hydroxylation is 3. The number of rotatable bonds is 4. The highest BCUT2D eigenvalue weighted by Gasteiger charge is 2.25. The minimum absolute atomic E-state index is 0.0338. The Kier molecular flexibility index (Phi) is 5.68. The van der Waals surface area contributed by atoms with Crippen molar-refractivity contribution in [2.75, 3.05) is 26.2 Å². The Morgan fingerprint density at radius 1 is 0.939 bits per heavy atom. The summed E-state index contributed by atoms with van der Waals surface area (Å²) >= 11 is 0. The van der Waals surface area contributed by atoms with Gasteiger partial charge in [-0.15, -0.1) is 0 Å². The van der Waals surface area contributed by atoms with E-state index in [1.807, 2.05) is 29.3 Å². The number of carbonyl (C=O) groups excluding carboxylic acids is 1. The third kappa shape index (κ3) is 4.14. The van der Waals surface area contributed by atoms with E-state index in [1.165, 1.54) is 11.1 Å². The highest BCUT2D eigenvalue weighted by atomic mass is 16.2. The van der Waals surface area contributed by atoms with Crippen molar-refractivity contribution >= 4 is 11.6 Å². The summed E-state index contributed by atoms with van der Waals surface area (Å²) in [7, 11) is 0. The number of benzene rings is 2. The molecule has 0 radical (unpaired) electrons. The van der Waals surface area contributed by atoms with Gasteiger partial charge in [-0.3, -0.25) is 9.69 Å². The van der Waals surface area contributed by atoms with E-state index in [0.29, 0.717) is 5.56 Å². The van der Waals surface area contributed by atoms with Gasteiger partial charge in [-0.25, -0.2) is 9.50 Å². The van der Waals surface area contributed by atoms with Crippen molar-refractivity contribution in [3.8, 4) is 11.1 Å². The van der Waals surface area contributed by atoms with Crippen molar-refractivity contribution < 1.29 is 4.79 Å². The minimum atomic E-state index is 0.0338. The summed E-state index contributed by atoms with van der Waals surface area (Å²) in [4.78, 5) is 22.4. The van der Waals surface area contributed by atoms with Gasteiger partial charge in [0.05, 0.1) is 17.0 Å². The first-order valence-electron chi connectivity index (χ1n) is 11.5. The molecule has 1 aliphatic rings. The van der Waals surface area contributed by atoms with E-state index in [1.54, 1.807) is 6.20 Å². The van der Waals surface area contributed by atoms with Gasteiger partial charge in [-0.1, -0.05) is 60.2 Å². The molecule has 6 nitrogen and oxygen atoms in total. The topological polar surface area (TPSA) is 53.7 Å². The first-order valence-corrected chi connectivity index (χ1v) is 11.5. The highest BCUT2D eigenvalue weighted by molar-refractivity contribution is 5.95. The summed E-state index contributed by atoms with van der Waals surface area (Å²) in [5.41, 5.74) is 7.78. The van der Waals surface area contributed by atoms with Crippen molar-refractivity contribution in [2.45, 2.75) is 27.3 Å². The number of aromatic nitrogens is 3. The fraction of sp³-hybridized carbons (Fsp3) is 0.296. The normalized spacial score (nSPS) is 14.7. The van der Waals surface area contributed by atoms with E-state index >= 15 is 0 Å². The van der Waals surface area contributed by atoms with Gasteiger partial charge in [0.25, 0.3) is 5.91 Å². The minimum Gasteiger partial charge on any atom is -0.336 e. The molecule has 0 saturated carbocycles. The van der Waals surface area contributed by atoms with Crippen LogP contribution in [0.4, 0.5) is 0 Å². The van der Waals surface area contributed by atoms with Crippen LogP contribution in [0.1, 0.15) is 32.9 Å². The second-order valence-corrected chi connectivity index (χ2v) is 8.88. The van der Waals surface area contributed by atoms with Crippen LogP contribution in [0.15, 0.2) is 60.8 Å². The SMILES string of the molecule is Cc1cccc(-c2c(C)nn3c(C)c(C(=O)N4CCN(Cc5ccccc5)CC4)cnc23)c1. The predicted octanol–water partition coefficient (Wildman–Crippen LogP) is 4.28. The van der Waals surface area contributed by atoms with Crippen molar-refractivity contribution in [1.82, 2.24) is 24.4 Å². The summed E-state index contributed by atoms with van der Waals surface area (Å²) in [6, 6.07) is 18.9. The molecule has 5 rings (SSSR count). The number of hydrogen-bond donors (Lipinski definition) is 0. The quantitative estimate of drug-likeness (QED) is 0.476. The van der Waals surface area contributed by atoms with Crippen LogP contribution in [0.2, 0.25) is 0 Å². The lowest BCUT2D eigenvalue weighted by Gasteiger charge is -2.35. The molecule has 4 aromatic rings. The molecule has 0 aliphatic carbocycles. The number of nitrogens with zero attached hydrogens (tertiary/aromatic N) is 5. The maximum absolute atomic E-state index is 13.4. The van der Waals surface area contributed by atoms with E-state index in [9.17, 15) is 4.79 Å². The molecule has 0 N–H and O–H groups in total. The number of carbonyl (C=O) groups is 1. The number of fused-ring (bicyclic) bond motifs is 1. The van der Waals surface area contributed by atoms with Crippen LogP contribution < -0.4 is 0 Å². The molecule has 2 aromatic carbocycles. The van der Waals surface area contributed by atoms with Crippen molar-refractivity contribution in [1.29, 1.82) is 0 Å². The van der Waals surface area contributed by atoms with Crippen molar-refractivity contribution in [3.63, 3.8) is 0 Å². The second kappa shape index (κ2) is 8.79. The molecule has 33 heavy (non-hydrogen) atoms. The molecular weight excluding hydrogens is 410 g/mol. The maximum atomic E-state index is 13.4. The summed E-state index contributed by atoms with van der Waals surface area (Å²) in [5, 5.41) is 4.74. The van der Waals surface area contributed by atoms with E-state index < -0.39 is 0 Å². The predicted molar refractivity (Wildman–Crippen MR) is 130 cm³/mol. The molecule has 1 amide bonds. The fourth-order valence-electron chi connectivity index (χ4n) is 4.67. The summed E-state index contributed by atoms with van der Waals surface area (Å²) in [6.45, 7) is 10.1. The standard InChI is InChI=1S/C27H29N5O/c1-19-8-7-11-23(16-19)25-20(2)29-32-21(3)24(17-28-26(25)32)27(33)31-14-12-30(13-15-31)18-22-9-5-4-6-10-22/h4-11,16-17H,12-15,18H2,1-3H3. The van der Waals surface area contributed by atoms with Gasteiger partial charge in [-0.05, 0) is 31.9 Å². The summed E-state index contributed by atoms with van der Waals surface area (Å²) in [6.07, 6.45) is 1.73. The summed E-state index contributed by atoms with van der Waals surface area (Å²) < 4.78 is 1.83. The lowest BCUT2D eigenvalue weighted by atomic mass is 10.0. The average Bonchev–Trinajstić information content (AvgIpc) is 3.17. The molecule has 1 aliphatic heterocycles. The number of amides is 1. The number of piperazine rings is 1. The molecule has 1 saturated heterocycles. The Morgan fingerprint density at radius 3 is 2.42 bits per heavy atom. The lowest BCUT2D eigenvalue weighted by Crippen LogP contribution is -2.48. The lowest BCUT2D eigenvalue weighted by molar-refractivity contribution is 0.0626. The van der Waals surface area contributed by atoms with Gasteiger partial charge in [0.15, 0.2) is 5.65 Å². The molecule has 0 bridgehead atoms. The molecule has 0 unspecified atom stereocenters. The zero-order chi connectivity index (χ0) is 22.9. The third-order valence-corrected chi connectivity index (χ3v) is 6.51. The Bertz CT molecular complexity index is 1300. The molecule has 1 fully saturated rings. The largest absolute Gasteiger partial charge is 0.336 e. The Hall–Kier alpha value is -3.51. The van der Waals surface area contributed by atoms with Gasteiger partial charge in [0, 0.05) is 44.5 Å².